The van der Waals surface area contributed by atoms with Crippen LogP contribution in [0.4, 0.5) is 0 Å². The average molecular weight is 264 g/mol. The third-order valence-electron chi connectivity index (χ3n) is 2.46. The molecule has 86 valence electrons. The zero-order chi connectivity index (χ0) is 12.0. The monoisotopic (exact) mass is 264 g/mol. The number of aromatic amines is 1. The molecule has 17 heavy (non-hydrogen) atoms. The molecule has 5 nitrogen and oxygen atoms in total. The summed E-state index contributed by atoms with van der Waals surface area (Å²) in [6.07, 6.45) is 3.37. The van der Waals surface area contributed by atoms with Gasteiger partial charge in [-0.3, -0.25) is 9.48 Å². The van der Waals surface area contributed by atoms with Gasteiger partial charge in [-0.15, -0.1) is 11.3 Å². The lowest BCUT2D eigenvalue weighted by molar-refractivity contribution is 0.766. The van der Waals surface area contributed by atoms with Crippen molar-refractivity contribution in [3.05, 3.63) is 39.0 Å². The van der Waals surface area contributed by atoms with Crippen LogP contribution in [0, 0.1) is 4.77 Å². The smallest absolute Gasteiger partial charge is 0.276 e. The maximum atomic E-state index is 12.3. The maximum Gasteiger partial charge on any atom is 0.276 e. The van der Waals surface area contributed by atoms with Crippen LogP contribution in [-0.2, 0) is 7.05 Å². The van der Waals surface area contributed by atoms with E-state index in [2.05, 4.69) is 10.1 Å². The van der Waals surface area contributed by atoms with Crippen LogP contribution >= 0.6 is 23.6 Å². The number of aryl methyl sites for hydroxylation is 1. The molecule has 0 fully saturated rings. The Kier molecular flexibility index (Phi) is 2.23. The van der Waals surface area contributed by atoms with Crippen molar-refractivity contribution >= 4 is 33.8 Å². The Bertz CT molecular complexity index is 807. The molecule has 0 atom stereocenters. The molecule has 3 aromatic heterocycles. The Balaban J connectivity index is 2.44. The highest BCUT2D eigenvalue weighted by molar-refractivity contribution is 7.71. The molecule has 0 aromatic carbocycles. The molecule has 0 spiro atoms. The van der Waals surface area contributed by atoms with E-state index in [1.807, 2.05) is 11.4 Å². The van der Waals surface area contributed by atoms with Gasteiger partial charge in [0, 0.05) is 13.2 Å². The Morgan fingerprint density at radius 1 is 1.53 bits per heavy atom. The van der Waals surface area contributed by atoms with Crippen LogP contribution in [0.15, 0.2) is 28.6 Å². The Morgan fingerprint density at radius 2 is 2.35 bits per heavy atom. The fraction of sp³-hybridized carbons (Fsp3) is 0.100. The lowest BCUT2D eigenvalue weighted by Crippen LogP contribution is -2.19. The molecule has 3 aromatic rings. The van der Waals surface area contributed by atoms with E-state index in [1.54, 1.807) is 24.1 Å². The van der Waals surface area contributed by atoms with Crippen molar-refractivity contribution in [2.24, 2.45) is 7.05 Å². The summed E-state index contributed by atoms with van der Waals surface area (Å²) in [6, 6.07) is 1.85. The minimum Gasteiger partial charge on any atom is -0.331 e. The van der Waals surface area contributed by atoms with Crippen LogP contribution < -0.4 is 5.56 Å². The van der Waals surface area contributed by atoms with Gasteiger partial charge in [0.1, 0.15) is 4.70 Å². The van der Waals surface area contributed by atoms with Crippen molar-refractivity contribution < 1.29 is 0 Å². The van der Waals surface area contributed by atoms with Crippen molar-refractivity contribution in [1.82, 2.24) is 19.3 Å². The molecule has 0 radical (unpaired) electrons. The van der Waals surface area contributed by atoms with Crippen molar-refractivity contribution in [1.29, 1.82) is 0 Å². The second-order valence-electron chi connectivity index (χ2n) is 3.61. The number of aromatic nitrogens is 4. The minimum absolute atomic E-state index is 0.105. The number of rotatable bonds is 1. The molecule has 1 N–H and O–H groups in total. The topological polar surface area (TPSA) is 55.6 Å². The van der Waals surface area contributed by atoms with Crippen molar-refractivity contribution in [3.8, 4) is 5.69 Å². The molecule has 0 aliphatic carbocycles. The summed E-state index contributed by atoms with van der Waals surface area (Å²) in [5.74, 6) is 0. The maximum absolute atomic E-state index is 12.3. The van der Waals surface area contributed by atoms with E-state index >= 15 is 0 Å². The number of fused-ring (bicyclic) bond motifs is 1. The summed E-state index contributed by atoms with van der Waals surface area (Å²) in [4.78, 5) is 15.3. The predicted octanol–water partition coefficient (Wildman–Crippen LogP) is 1.84. The zero-order valence-corrected chi connectivity index (χ0v) is 10.5. The first-order valence-corrected chi connectivity index (χ1v) is 6.17. The number of H-pyrrole nitrogens is 1. The summed E-state index contributed by atoms with van der Waals surface area (Å²) in [6.45, 7) is 0. The largest absolute Gasteiger partial charge is 0.331 e. The quantitative estimate of drug-likeness (QED) is 0.682. The first kappa shape index (κ1) is 10.4. The molecular weight excluding hydrogens is 256 g/mol. The molecule has 0 unspecified atom stereocenters. The molecule has 0 saturated carbocycles. The minimum atomic E-state index is -0.105. The van der Waals surface area contributed by atoms with Crippen LogP contribution in [0.3, 0.4) is 0 Å². The molecule has 0 aliphatic heterocycles. The number of nitrogens with zero attached hydrogens (tertiary/aromatic N) is 3. The van der Waals surface area contributed by atoms with E-state index in [0.29, 0.717) is 15.2 Å². The predicted molar refractivity (Wildman–Crippen MR) is 69.4 cm³/mol. The molecule has 3 heterocycles. The Hall–Kier alpha value is -1.73. The second-order valence-corrected chi connectivity index (χ2v) is 4.91. The zero-order valence-electron chi connectivity index (χ0n) is 8.88. The van der Waals surface area contributed by atoms with Crippen LogP contribution in [0.1, 0.15) is 0 Å². The highest BCUT2D eigenvalue weighted by Gasteiger charge is 2.09. The van der Waals surface area contributed by atoms with Crippen LogP contribution in [0.25, 0.3) is 15.9 Å². The van der Waals surface area contributed by atoms with E-state index in [4.69, 9.17) is 12.2 Å². The fourth-order valence-corrected chi connectivity index (χ4v) is 2.77. The first-order chi connectivity index (χ1) is 8.16. The standard InChI is InChI=1S/C10H8N4OS2/c1-13-5-6(4-11-13)14-9(15)8-7(2-3-17-8)12-10(14)16/h2-5H,1H3,(H,12,16). The number of hydrogen-bond acceptors (Lipinski definition) is 4. The van der Waals surface area contributed by atoms with E-state index in [9.17, 15) is 4.79 Å². The van der Waals surface area contributed by atoms with Gasteiger partial charge in [-0.25, -0.2) is 4.57 Å². The van der Waals surface area contributed by atoms with Gasteiger partial charge in [0.25, 0.3) is 5.56 Å². The SMILES string of the molecule is Cn1cc(-n2c(=S)[nH]c3ccsc3c2=O)cn1. The molecule has 0 amide bonds. The lowest BCUT2D eigenvalue weighted by Gasteiger charge is -2.02. The number of thiophene rings is 1. The summed E-state index contributed by atoms with van der Waals surface area (Å²) in [5, 5.41) is 5.91. The summed E-state index contributed by atoms with van der Waals surface area (Å²) in [5.41, 5.74) is 1.35. The number of hydrogen-bond donors (Lipinski definition) is 1. The average Bonchev–Trinajstić information content (AvgIpc) is 2.87. The van der Waals surface area contributed by atoms with Gasteiger partial charge in [0.15, 0.2) is 4.77 Å². The molecular formula is C10H8N4OS2. The van der Waals surface area contributed by atoms with E-state index in [0.717, 1.165) is 5.52 Å². The van der Waals surface area contributed by atoms with Crippen LogP contribution in [0.5, 0.6) is 0 Å². The van der Waals surface area contributed by atoms with Gasteiger partial charge in [-0.1, -0.05) is 0 Å². The van der Waals surface area contributed by atoms with Crippen molar-refractivity contribution in [3.63, 3.8) is 0 Å². The van der Waals surface area contributed by atoms with Crippen molar-refractivity contribution in [2.75, 3.05) is 0 Å². The first-order valence-electron chi connectivity index (χ1n) is 4.88. The third kappa shape index (κ3) is 1.55. The van der Waals surface area contributed by atoms with Gasteiger partial charge < -0.3 is 4.98 Å². The van der Waals surface area contributed by atoms with Gasteiger partial charge in [-0.2, -0.15) is 5.10 Å². The van der Waals surface area contributed by atoms with E-state index in [-0.39, 0.29) is 5.56 Å². The normalized spacial score (nSPS) is 11.1. The molecule has 0 aliphatic rings. The third-order valence-corrected chi connectivity index (χ3v) is 3.64. The fourth-order valence-electron chi connectivity index (χ4n) is 1.70. The number of nitrogens with one attached hydrogen (secondary N) is 1. The van der Waals surface area contributed by atoms with Gasteiger partial charge in [-0.05, 0) is 23.7 Å². The highest BCUT2D eigenvalue weighted by atomic mass is 32.1. The van der Waals surface area contributed by atoms with Crippen LogP contribution in [-0.4, -0.2) is 19.3 Å². The summed E-state index contributed by atoms with van der Waals surface area (Å²) >= 11 is 6.60. The van der Waals surface area contributed by atoms with Gasteiger partial charge in [0.2, 0.25) is 0 Å². The van der Waals surface area contributed by atoms with Crippen LogP contribution in [0.2, 0.25) is 0 Å². The lowest BCUT2D eigenvalue weighted by atomic mass is 10.4. The molecule has 0 saturated heterocycles. The summed E-state index contributed by atoms with van der Waals surface area (Å²) < 4.78 is 4.15. The molecule has 0 bridgehead atoms. The Morgan fingerprint density at radius 3 is 3.06 bits per heavy atom. The van der Waals surface area contributed by atoms with Gasteiger partial charge in [0.05, 0.1) is 17.4 Å². The highest BCUT2D eigenvalue weighted by Crippen LogP contribution is 2.15. The second kappa shape index (κ2) is 3.64. The van der Waals surface area contributed by atoms with E-state index in [1.165, 1.54) is 15.9 Å². The summed E-state index contributed by atoms with van der Waals surface area (Å²) in [7, 11) is 1.80. The molecule has 7 heteroatoms. The van der Waals surface area contributed by atoms with E-state index < -0.39 is 0 Å². The Labute approximate surface area is 105 Å². The molecule has 3 rings (SSSR count). The van der Waals surface area contributed by atoms with Crippen molar-refractivity contribution in [2.45, 2.75) is 0 Å². The van der Waals surface area contributed by atoms with Gasteiger partial charge >= 0.3 is 0 Å².